The predicted molar refractivity (Wildman–Crippen MR) is 69.6 cm³/mol. The normalized spacial score (nSPS) is 12.0. The van der Waals surface area contributed by atoms with Crippen LogP contribution in [0.5, 0.6) is 0 Å². The summed E-state index contributed by atoms with van der Waals surface area (Å²) in [4.78, 5) is 24.2. The van der Waals surface area contributed by atoms with E-state index in [9.17, 15) is 9.59 Å². The third-order valence-corrected chi connectivity index (χ3v) is 2.90. The molecule has 0 aliphatic heterocycles. The van der Waals surface area contributed by atoms with Gasteiger partial charge in [-0.2, -0.15) is 0 Å². The molecule has 0 fully saturated rings. The van der Waals surface area contributed by atoms with Crippen LogP contribution in [0.3, 0.4) is 0 Å². The molecule has 0 aliphatic rings. The van der Waals surface area contributed by atoms with E-state index in [4.69, 9.17) is 11.6 Å². The lowest BCUT2D eigenvalue weighted by atomic mass is 10.1. The topological polar surface area (TPSA) is 37.4 Å². The van der Waals surface area contributed by atoms with Gasteiger partial charge >= 0.3 is 0 Å². The van der Waals surface area contributed by atoms with Gasteiger partial charge in [-0.1, -0.05) is 18.2 Å². The highest BCUT2D eigenvalue weighted by Gasteiger charge is 2.23. The van der Waals surface area contributed by atoms with Gasteiger partial charge in [0.1, 0.15) is 12.2 Å². The molecule has 0 spiro atoms. The monoisotopic (exact) mass is 253 g/mol. The van der Waals surface area contributed by atoms with E-state index in [2.05, 4.69) is 0 Å². The number of amides is 1. The van der Waals surface area contributed by atoms with Crippen molar-refractivity contribution in [1.29, 1.82) is 0 Å². The molecule has 1 aromatic rings. The van der Waals surface area contributed by atoms with E-state index in [1.807, 2.05) is 32.0 Å². The van der Waals surface area contributed by atoms with Gasteiger partial charge in [0.15, 0.2) is 0 Å². The van der Waals surface area contributed by atoms with E-state index in [1.165, 1.54) is 4.90 Å². The lowest BCUT2D eigenvalue weighted by Crippen LogP contribution is -2.41. The number of carbonyl (C=O) groups excluding carboxylic acids is 2. The number of rotatable bonds is 4. The summed E-state index contributed by atoms with van der Waals surface area (Å²) in [6, 6.07) is 5.23. The lowest BCUT2D eigenvalue weighted by molar-refractivity contribution is -0.118. The molecule has 0 bridgehead atoms. The van der Waals surface area contributed by atoms with Crippen LogP contribution in [0.2, 0.25) is 0 Å². The van der Waals surface area contributed by atoms with Crippen LogP contribution in [0, 0.1) is 13.8 Å². The molecule has 0 heterocycles. The van der Waals surface area contributed by atoms with Gasteiger partial charge in [-0.25, -0.2) is 0 Å². The first-order valence-electron chi connectivity index (χ1n) is 5.42. The van der Waals surface area contributed by atoms with Gasteiger partial charge in [-0.3, -0.25) is 4.79 Å². The molecule has 1 unspecified atom stereocenters. The minimum absolute atomic E-state index is 0.133. The quantitative estimate of drug-likeness (QED) is 0.611. The van der Waals surface area contributed by atoms with Crippen molar-refractivity contribution in [3.8, 4) is 0 Å². The SMILES string of the molecule is Cc1cccc(C)c1N(C(=O)CCl)C(C)C=O. The first kappa shape index (κ1) is 13.7. The standard InChI is InChI=1S/C13H16ClNO2/c1-9-5-4-6-10(2)13(9)15(11(3)8-16)12(17)7-14/h4-6,8,11H,7H2,1-3H3. The van der Waals surface area contributed by atoms with E-state index >= 15 is 0 Å². The number of aryl methyl sites for hydroxylation is 2. The Labute approximate surface area is 106 Å². The second-order valence-electron chi connectivity index (χ2n) is 4.01. The predicted octanol–water partition coefficient (Wildman–Crippen LogP) is 2.46. The van der Waals surface area contributed by atoms with Gasteiger partial charge in [0.2, 0.25) is 5.91 Å². The number of para-hydroxylation sites is 1. The lowest BCUT2D eigenvalue weighted by Gasteiger charge is -2.28. The molecule has 17 heavy (non-hydrogen) atoms. The van der Waals surface area contributed by atoms with E-state index in [1.54, 1.807) is 6.92 Å². The van der Waals surface area contributed by atoms with Crippen LogP contribution in [0.15, 0.2) is 18.2 Å². The minimum atomic E-state index is -0.513. The summed E-state index contributed by atoms with van der Waals surface area (Å²) in [6.07, 6.45) is 0.746. The van der Waals surface area contributed by atoms with Crippen molar-refractivity contribution in [3.05, 3.63) is 29.3 Å². The third kappa shape index (κ3) is 2.86. The molecule has 92 valence electrons. The highest BCUT2D eigenvalue weighted by molar-refractivity contribution is 6.29. The van der Waals surface area contributed by atoms with Crippen LogP contribution in [0.25, 0.3) is 0 Å². The first-order chi connectivity index (χ1) is 8.02. The maximum Gasteiger partial charge on any atom is 0.242 e. The fourth-order valence-electron chi connectivity index (χ4n) is 1.87. The molecule has 4 heteroatoms. The van der Waals surface area contributed by atoms with Crippen LogP contribution in [-0.4, -0.2) is 24.1 Å². The van der Waals surface area contributed by atoms with Crippen LogP contribution in [0.4, 0.5) is 5.69 Å². The first-order valence-corrected chi connectivity index (χ1v) is 5.96. The number of halogens is 1. The molecule has 1 atom stereocenters. The second-order valence-corrected chi connectivity index (χ2v) is 4.28. The van der Waals surface area contributed by atoms with E-state index in [0.29, 0.717) is 0 Å². The van der Waals surface area contributed by atoms with E-state index in [-0.39, 0.29) is 11.8 Å². The minimum Gasteiger partial charge on any atom is -0.301 e. The van der Waals surface area contributed by atoms with Crippen molar-refractivity contribution >= 4 is 29.5 Å². The van der Waals surface area contributed by atoms with Crippen molar-refractivity contribution in [2.75, 3.05) is 10.8 Å². The Bertz CT molecular complexity index is 411. The zero-order chi connectivity index (χ0) is 13.0. The summed E-state index contributed by atoms with van der Waals surface area (Å²) in [5, 5.41) is 0. The molecule has 0 radical (unpaired) electrons. The number of nitrogens with zero attached hydrogens (tertiary/aromatic N) is 1. The largest absolute Gasteiger partial charge is 0.301 e. The highest BCUT2D eigenvalue weighted by atomic mass is 35.5. The zero-order valence-corrected chi connectivity index (χ0v) is 11.0. The molecule has 0 aliphatic carbocycles. The van der Waals surface area contributed by atoms with Crippen molar-refractivity contribution in [1.82, 2.24) is 0 Å². The number of alkyl halides is 1. The Balaban J connectivity index is 3.31. The molecule has 0 saturated carbocycles. The summed E-state index contributed by atoms with van der Waals surface area (Å²) >= 11 is 5.60. The molecular weight excluding hydrogens is 238 g/mol. The fraction of sp³-hybridized carbons (Fsp3) is 0.385. The molecule has 0 N–H and O–H groups in total. The number of aldehydes is 1. The Hall–Kier alpha value is -1.35. The molecule has 1 amide bonds. The highest BCUT2D eigenvalue weighted by Crippen LogP contribution is 2.26. The van der Waals surface area contributed by atoms with Gasteiger partial charge < -0.3 is 9.69 Å². The Morgan fingerprint density at radius 2 is 1.94 bits per heavy atom. The third-order valence-electron chi connectivity index (χ3n) is 2.67. The molecule has 0 aromatic heterocycles. The molecular formula is C13H16ClNO2. The second kappa shape index (κ2) is 5.82. The Morgan fingerprint density at radius 1 is 1.41 bits per heavy atom. The number of benzene rings is 1. The number of anilines is 1. The van der Waals surface area contributed by atoms with Gasteiger partial charge in [0.05, 0.1) is 11.7 Å². The number of hydrogen-bond acceptors (Lipinski definition) is 2. The van der Waals surface area contributed by atoms with Gasteiger partial charge in [0.25, 0.3) is 0 Å². The van der Waals surface area contributed by atoms with Crippen LogP contribution >= 0.6 is 11.6 Å². The molecule has 0 saturated heterocycles. The summed E-state index contributed by atoms with van der Waals surface area (Å²) in [6.45, 7) is 5.51. The van der Waals surface area contributed by atoms with Crippen molar-refractivity contribution < 1.29 is 9.59 Å². The van der Waals surface area contributed by atoms with Crippen LogP contribution in [0.1, 0.15) is 18.1 Å². The van der Waals surface area contributed by atoms with Crippen molar-refractivity contribution in [2.45, 2.75) is 26.8 Å². The molecule has 3 nitrogen and oxygen atoms in total. The smallest absolute Gasteiger partial charge is 0.242 e. The Kier molecular flexibility index (Phi) is 4.70. The van der Waals surface area contributed by atoms with Gasteiger partial charge in [-0.05, 0) is 31.9 Å². The molecule has 1 rings (SSSR count). The number of carbonyl (C=O) groups is 2. The van der Waals surface area contributed by atoms with Crippen molar-refractivity contribution in [3.63, 3.8) is 0 Å². The maximum atomic E-state index is 11.9. The Morgan fingerprint density at radius 3 is 2.35 bits per heavy atom. The van der Waals surface area contributed by atoms with Crippen LogP contribution in [-0.2, 0) is 9.59 Å². The van der Waals surface area contributed by atoms with E-state index in [0.717, 1.165) is 23.1 Å². The van der Waals surface area contributed by atoms with Crippen LogP contribution < -0.4 is 4.90 Å². The van der Waals surface area contributed by atoms with Crippen molar-refractivity contribution in [2.24, 2.45) is 0 Å². The zero-order valence-electron chi connectivity index (χ0n) is 10.2. The average Bonchev–Trinajstić information content (AvgIpc) is 2.32. The van der Waals surface area contributed by atoms with E-state index < -0.39 is 6.04 Å². The fourth-order valence-corrected chi connectivity index (χ4v) is 2.00. The molecule has 1 aromatic carbocycles. The summed E-state index contributed by atoms with van der Waals surface area (Å²) < 4.78 is 0. The number of hydrogen-bond donors (Lipinski definition) is 0. The summed E-state index contributed by atoms with van der Waals surface area (Å²) in [5.41, 5.74) is 2.69. The van der Waals surface area contributed by atoms with Gasteiger partial charge in [-0.15, -0.1) is 11.6 Å². The summed E-state index contributed by atoms with van der Waals surface area (Å²) in [5.74, 6) is -0.393. The van der Waals surface area contributed by atoms with Gasteiger partial charge in [0, 0.05) is 0 Å². The maximum absolute atomic E-state index is 11.9. The summed E-state index contributed by atoms with van der Waals surface area (Å²) in [7, 11) is 0. The average molecular weight is 254 g/mol.